The zero-order chi connectivity index (χ0) is 19.5. The number of carbonyl (C=O) groups is 2. The number of ether oxygens (including phenoxy) is 1. The molecule has 0 aliphatic rings. The van der Waals surface area contributed by atoms with Crippen LogP contribution in [0.5, 0.6) is 0 Å². The van der Waals surface area contributed by atoms with Gasteiger partial charge in [0.2, 0.25) is 0 Å². The fraction of sp³-hybridized carbons (Fsp3) is 0.450. The largest absolute Gasteiger partial charge is 0.512 e. The van der Waals surface area contributed by atoms with Crippen molar-refractivity contribution >= 4 is 35.3 Å². The lowest BCUT2D eigenvalue weighted by molar-refractivity contribution is -0.115. The SMILES string of the molecule is CCCOC(=O)c1cccc(N=CC(C(=O)CCC)=C(O)CCC)c1Cl. The van der Waals surface area contributed by atoms with Crippen LogP contribution < -0.4 is 0 Å². The predicted octanol–water partition coefficient (Wildman–Crippen LogP) is 5.59. The third-order valence-electron chi connectivity index (χ3n) is 3.54. The Labute approximate surface area is 159 Å². The van der Waals surface area contributed by atoms with Gasteiger partial charge in [-0.25, -0.2) is 4.79 Å². The van der Waals surface area contributed by atoms with Crippen molar-refractivity contribution in [2.75, 3.05) is 6.61 Å². The van der Waals surface area contributed by atoms with Crippen molar-refractivity contribution < 1.29 is 19.4 Å². The average molecular weight is 380 g/mol. The first-order chi connectivity index (χ1) is 12.5. The molecule has 0 unspecified atom stereocenters. The van der Waals surface area contributed by atoms with Crippen LogP contribution in [0.1, 0.15) is 63.2 Å². The number of rotatable bonds is 10. The van der Waals surface area contributed by atoms with Crippen molar-refractivity contribution in [1.82, 2.24) is 0 Å². The van der Waals surface area contributed by atoms with Gasteiger partial charge >= 0.3 is 5.97 Å². The molecule has 0 amide bonds. The van der Waals surface area contributed by atoms with Crippen molar-refractivity contribution in [1.29, 1.82) is 0 Å². The zero-order valence-corrected chi connectivity index (χ0v) is 16.3. The predicted molar refractivity (Wildman–Crippen MR) is 105 cm³/mol. The molecule has 26 heavy (non-hydrogen) atoms. The van der Waals surface area contributed by atoms with Crippen molar-refractivity contribution in [3.63, 3.8) is 0 Å². The first-order valence-electron chi connectivity index (χ1n) is 8.91. The number of esters is 1. The molecule has 0 aliphatic carbocycles. The van der Waals surface area contributed by atoms with E-state index in [1.807, 2.05) is 20.8 Å². The number of hydrogen-bond donors (Lipinski definition) is 1. The van der Waals surface area contributed by atoms with Crippen molar-refractivity contribution in [2.24, 2.45) is 4.99 Å². The Morgan fingerprint density at radius 3 is 2.46 bits per heavy atom. The minimum absolute atomic E-state index is 0.0179. The number of halogens is 1. The number of Topliss-reactive ketones (excluding diaryl/α,β-unsaturated/α-hetero) is 1. The molecule has 0 bridgehead atoms. The summed E-state index contributed by atoms with van der Waals surface area (Å²) in [6, 6.07) is 4.84. The van der Waals surface area contributed by atoms with Crippen LogP contribution in [0.2, 0.25) is 5.02 Å². The molecule has 1 rings (SSSR count). The smallest absolute Gasteiger partial charge is 0.339 e. The maximum absolute atomic E-state index is 12.2. The third-order valence-corrected chi connectivity index (χ3v) is 3.94. The first-order valence-corrected chi connectivity index (χ1v) is 9.28. The van der Waals surface area contributed by atoms with E-state index >= 15 is 0 Å². The van der Waals surface area contributed by atoms with Gasteiger partial charge in [-0.05, 0) is 31.4 Å². The summed E-state index contributed by atoms with van der Waals surface area (Å²) in [6.45, 7) is 6.02. The Hall–Kier alpha value is -2.14. The molecule has 1 aromatic carbocycles. The highest BCUT2D eigenvalue weighted by Crippen LogP contribution is 2.29. The topological polar surface area (TPSA) is 76.0 Å². The van der Waals surface area contributed by atoms with Gasteiger partial charge in [0.25, 0.3) is 0 Å². The number of carbonyl (C=O) groups excluding carboxylic acids is 2. The first kappa shape index (κ1) is 21.9. The van der Waals surface area contributed by atoms with Crippen LogP contribution in [0.4, 0.5) is 5.69 Å². The van der Waals surface area contributed by atoms with Crippen molar-refractivity contribution in [3.8, 4) is 0 Å². The van der Waals surface area contributed by atoms with Gasteiger partial charge in [-0.1, -0.05) is 38.4 Å². The normalized spacial score (nSPS) is 12.2. The van der Waals surface area contributed by atoms with Gasteiger partial charge in [0, 0.05) is 19.1 Å². The maximum atomic E-state index is 12.2. The van der Waals surface area contributed by atoms with Crippen LogP contribution in [-0.2, 0) is 9.53 Å². The summed E-state index contributed by atoms with van der Waals surface area (Å²) >= 11 is 6.27. The van der Waals surface area contributed by atoms with E-state index < -0.39 is 5.97 Å². The molecule has 1 aromatic rings. The molecule has 142 valence electrons. The van der Waals surface area contributed by atoms with Crippen LogP contribution in [0.3, 0.4) is 0 Å². The van der Waals surface area contributed by atoms with Gasteiger partial charge in [-0.15, -0.1) is 0 Å². The van der Waals surface area contributed by atoms with E-state index in [4.69, 9.17) is 16.3 Å². The van der Waals surface area contributed by atoms with Crippen molar-refractivity contribution in [3.05, 3.63) is 40.1 Å². The molecule has 0 fully saturated rings. The fourth-order valence-electron chi connectivity index (χ4n) is 2.22. The maximum Gasteiger partial charge on any atom is 0.339 e. The van der Waals surface area contributed by atoms with Crippen LogP contribution >= 0.6 is 11.6 Å². The summed E-state index contributed by atoms with van der Waals surface area (Å²) < 4.78 is 5.10. The number of aliphatic imine (C=N–C) groups is 1. The Kier molecular flexibility index (Phi) is 9.66. The number of aliphatic hydroxyl groups is 1. The van der Waals surface area contributed by atoms with Crippen LogP contribution in [-0.4, -0.2) is 29.7 Å². The van der Waals surface area contributed by atoms with Gasteiger partial charge in [0.1, 0.15) is 5.76 Å². The second-order valence-corrected chi connectivity index (χ2v) is 6.19. The van der Waals surface area contributed by atoms with Crippen LogP contribution in [0.25, 0.3) is 0 Å². The molecule has 0 radical (unpaired) electrons. The number of allylic oxidation sites excluding steroid dienone is 2. The Morgan fingerprint density at radius 2 is 1.85 bits per heavy atom. The number of hydrogen-bond acceptors (Lipinski definition) is 5. The lowest BCUT2D eigenvalue weighted by Crippen LogP contribution is -2.08. The standard InChI is InChI=1S/C20H26ClNO4/c1-4-8-17(23)15(18(24)9-5-2)13-22-16-11-7-10-14(19(16)21)20(25)26-12-6-3/h7,10-11,13,23H,4-6,8-9,12H2,1-3H3. The number of aliphatic hydroxyl groups excluding tert-OH is 1. The van der Waals surface area contributed by atoms with Gasteiger partial charge < -0.3 is 9.84 Å². The molecular weight excluding hydrogens is 354 g/mol. The van der Waals surface area contributed by atoms with E-state index in [0.29, 0.717) is 44.4 Å². The molecule has 0 saturated heterocycles. The van der Waals surface area contributed by atoms with Crippen molar-refractivity contribution in [2.45, 2.75) is 52.9 Å². The molecule has 5 nitrogen and oxygen atoms in total. The summed E-state index contributed by atoms with van der Waals surface area (Å²) in [4.78, 5) is 28.5. The molecule has 0 saturated carbocycles. The van der Waals surface area contributed by atoms with Gasteiger partial charge in [0.05, 0.1) is 28.5 Å². The number of ketones is 1. The average Bonchev–Trinajstić information content (AvgIpc) is 2.61. The van der Waals surface area contributed by atoms with Crippen LogP contribution in [0, 0.1) is 0 Å². The highest BCUT2D eigenvalue weighted by molar-refractivity contribution is 6.36. The van der Waals surface area contributed by atoms with Gasteiger partial charge in [-0.3, -0.25) is 9.79 Å². The molecule has 0 spiro atoms. The molecule has 0 heterocycles. The molecule has 6 heteroatoms. The Bertz CT molecular complexity index is 695. The quantitative estimate of drug-likeness (QED) is 0.249. The lowest BCUT2D eigenvalue weighted by atomic mass is 10.0. The summed E-state index contributed by atoms with van der Waals surface area (Å²) in [6.07, 6.45) is 4.15. The second-order valence-electron chi connectivity index (χ2n) is 5.82. The molecule has 0 atom stereocenters. The number of nitrogens with zero attached hydrogens (tertiary/aromatic N) is 1. The monoisotopic (exact) mass is 379 g/mol. The summed E-state index contributed by atoms with van der Waals surface area (Å²) in [5.74, 6) is -0.665. The summed E-state index contributed by atoms with van der Waals surface area (Å²) in [5, 5.41) is 10.3. The third kappa shape index (κ3) is 6.30. The summed E-state index contributed by atoms with van der Waals surface area (Å²) in [7, 11) is 0. The highest BCUT2D eigenvalue weighted by atomic mass is 35.5. The fourth-order valence-corrected chi connectivity index (χ4v) is 2.48. The second kappa shape index (κ2) is 11.5. The Balaban J connectivity index is 3.16. The molecular formula is C20H26ClNO4. The molecule has 1 N–H and O–H groups in total. The van der Waals surface area contributed by atoms with Gasteiger partial charge in [-0.2, -0.15) is 0 Å². The molecule has 0 aromatic heterocycles. The minimum Gasteiger partial charge on any atom is -0.512 e. The number of benzene rings is 1. The zero-order valence-electron chi connectivity index (χ0n) is 15.5. The summed E-state index contributed by atoms with van der Waals surface area (Å²) in [5.41, 5.74) is 0.741. The van der Waals surface area contributed by atoms with E-state index in [2.05, 4.69) is 4.99 Å². The van der Waals surface area contributed by atoms with E-state index in [1.54, 1.807) is 18.2 Å². The van der Waals surface area contributed by atoms with E-state index in [1.165, 1.54) is 6.21 Å². The highest BCUT2D eigenvalue weighted by Gasteiger charge is 2.16. The van der Waals surface area contributed by atoms with Crippen LogP contribution in [0.15, 0.2) is 34.5 Å². The van der Waals surface area contributed by atoms with E-state index in [-0.39, 0.29) is 27.7 Å². The van der Waals surface area contributed by atoms with Gasteiger partial charge in [0.15, 0.2) is 5.78 Å². The van der Waals surface area contributed by atoms with E-state index in [0.717, 1.165) is 0 Å². The lowest BCUT2D eigenvalue weighted by Gasteiger charge is -2.08. The molecule has 0 aliphatic heterocycles. The van der Waals surface area contributed by atoms with E-state index in [9.17, 15) is 14.7 Å². The Morgan fingerprint density at radius 1 is 1.15 bits per heavy atom. The minimum atomic E-state index is -0.513.